The molecule has 1 amide bonds. The van der Waals surface area contributed by atoms with Crippen LogP contribution in [0.25, 0.3) is 11.0 Å². The van der Waals surface area contributed by atoms with Crippen LogP contribution in [0.15, 0.2) is 84.0 Å². The molecule has 35 heavy (non-hydrogen) atoms. The van der Waals surface area contributed by atoms with Gasteiger partial charge in [-0.25, -0.2) is 4.98 Å². The first-order valence-electron chi connectivity index (χ1n) is 12.1. The molecule has 1 aliphatic heterocycles. The molecule has 1 saturated heterocycles. The number of imidazole rings is 1. The second-order valence-corrected chi connectivity index (χ2v) is 9.97. The first-order valence-corrected chi connectivity index (χ1v) is 12.9. The number of para-hydroxylation sites is 2. The molecule has 7 heteroatoms. The Morgan fingerprint density at radius 3 is 2.49 bits per heavy atom. The summed E-state index contributed by atoms with van der Waals surface area (Å²) in [6, 6.07) is 26.7. The van der Waals surface area contributed by atoms with Crippen molar-refractivity contribution < 1.29 is 9.53 Å². The highest BCUT2D eigenvalue weighted by Crippen LogP contribution is 2.29. The maximum atomic E-state index is 13.0. The van der Waals surface area contributed by atoms with E-state index in [-0.39, 0.29) is 11.2 Å². The third-order valence-corrected chi connectivity index (χ3v) is 7.34. The minimum absolute atomic E-state index is 0.0317. The van der Waals surface area contributed by atoms with Gasteiger partial charge in [-0.2, -0.15) is 0 Å². The lowest BCUT2D eigenvalue weighted by molar-refractivity contribution is -0.115. The molecule has 0 unspecified atom stereocenters. The summed E-state index contributed by atoms with van der Waals surface area (Å²) < 4.78 is 7.66. The van der Waals surface area contributed by atoms with E-state index < -0.39 is 0 Å². The summed E-state index contributed by atoms with van der Waals surface area (Å²) in [5, 5.41) is 3.64. The maximum absolute atomic E-state index is 13.0. The number of benzene rings is 3. The zero-order valence-corrected chi connectivity index (χ0v) is 20.7. The molecule has 6 nitrogen and oxygen atoms in total. The Hall–Kier alpha value is -3.29. The molecule has 0 spiro atoms. The lowest BCUT2D eigenvalue weighted by atomic mass is 10.1. The van der Waals surface area contributed by atoms with Gasteiger partial charge in [0.15, 0.2) is 5.16 Å². The minimum Gasteiger partial charge on any atom is -0.378 e. The second-order valence-electron chi connectivity index (χ2n) is 8.67. The van der Waals surface area contributed by atoms with Crippen molar-refractivity contribution in [1.29, 1.82) is 0 Å². The van der Waals surface area contributed by atoms with Gasteiger partial charge in [0.2, 0.25) is 5.91 Å². The van der Waals surface area contributed by atoms with Crippen LogP contribution in [0.1, 0.15) is 12.5 Å². The molecule has 3 aromatic carbocycles. The zero-order valence-electron chi connectivity index (χ0n) is 19.9. The molecule has 0 saturated carbocycles. The molecule has 180 valence electrons. The highest BCUT2D eigenvalue weighted by atomic mass is 32.2. The molecule has 1 aromatic heterocycles. The summed E-state index contributed by atoms with van der Waals surface area (Å²) in [5.41, 5.74) is 5.29. The van der Waals surface area contributed by atoms with Crippen molar-refractivity contribution in [3.05, 3.63) is 84.4 Å². The number of carbonyl (C=O) groups is 1. The largest absolute Gasteiger partial charge is 0.378 e. The fourth-order valence-corrected chi connectivity index (χ4v) is 5.23. The summed E-state index contributed by atoms with van der Waals surface area (Å²) in [5.74, 6) is -0.0317. The number of anilines is 2. The highest BCUT2D eigenvalue weighted by molar-refractivity contribution is 8.00. The molecule has 0 radical (unpaired) electrons. The van der Waals surface area contributed by atoms with Crippen LogP contribution in [0.4, 0.5) is 11.4 Å². The van der Waals surface area contributed by atoms with Crippen molar-refractivity contribution in [3.8, 4) is 0 Å². The molecule has 0 bridgehead atoms. The Labute approximate surface area is 210 Å². The Morgan fingerprint density at radius 2 is 1.71 bits per heavy atom. The SMILES string of the molecule is C[C@@H](Sc1nc2ccccc2n1CCc1ccccc1)C(=O)Nc1ccc(N2CCOCC2)cc1. The number of rotatable bonds is 8. The summed E-state index contributed by atoms with van der Waals surface area (Å²) in [7, 11) is 0. The molecular weight excluding hydrogens is 456 g/mol. The van der Waals surface area contributed by atoms with Crippen LogP contribution >= 0.6 is 11.8 Å². The summed E-state index contributed by atoms with van der Waals surface area (Å²) >= 11 is 1.50. The summed E-state index contributed by atoms with van der Waals surface area (Å²) in [4.78, 5) is 20.2. The third kappa shape index (κ3) is 5.69. The number of morpholine rings is 1. The average Bonchev–Trinajstić information content (AvgIpc) is 3.25. The fourth-order valence-electron chi connectivity index (χ4n) is 4.28. The Bertz CT molecular complexity index is 1270. The lowest BCUT2D eigenvalue weighted by Crippen LogP contribution is -2.36. The Morgan fingerprint density at radius 1 is 1.00 bits per heavy atom. The van der Waals surface area contributed by atoms with Crippen LogP contribution in [-0.2, 0) is 22.5 Å². The number of nitrogens with one attached hydrogen (secondary N) is 1. The van der Waals surface area contributed by atoms with Gasteiger partial charge in [-0.1, -0.05) is 54.2 Å². The van der Waals surface area contributed by atoms with Crippen LogP contribution in [0, 0.1) is 0 Å². The molecule has 4 aromatic rings. The zero-order chi connectivity index (χ0) is 24.0. The molecule has 1 atom stereocenters. The Balaban J connectivity index is 1.26. The number of fused-ring (bicyclic) bond motifs is 1. The van der Waals surface area contributed by atoms with Crippen LogP contribution in [0.3, 0.4) is 0 Å². The third-order valence-electron chi connectivity index (χ3n) is 6.25. The van der Waals surface area contributed by atoms with Crippen molar-refractivity contribution in [2.75, 3.05) is 36.5 Å². The predicted octanol–water partition coefficient (Wildman–Crippen LogP) is 5.23. The van der Waals surface area contributed by atoms with Gasteiger partial charge in [0.25, 0.3) is 0 Å². The normalized spacial score (nSPS) is 14.7. The number of thioether (sulfide) groups is 1. The van der Waals surface area contributed by atoms with Gasteiger partial charge in [-0.3, -0.25) is 4.79 Å². The molecule has 0 aliphatic carbocycles. The van der Waals surface area contributed by atoms with E-state index >= 15 is 0 Å². The quantitative estimate of drug-likeness (QED) is 0.346. The van der Waals surface area contributed by atoms with E-state index in [1.165, 1.54) is 17.3 Å². The van der Waals surface area contributed by atoms with Gasteiger partial charge in [0, 0.05) is 31.0 Å². The van der Waals surface area contributed by atoms with Gasteiger partial charge in [-0.15, -0.1) is 0 Å². The number of aryl methyl sites for hydroxylation is 2. The van der Waals surface area contributed by atoms with Crippen molar-refractivity contribution in [1.82, 2.24) is 9.55 Å². The van der Waals surface area contributed by atoms with Crippen molar-refractivity contribution in [2.24, 2.45) is 0 Å². The van der Waals surface area contributed by atoms with Gasteiger partial charge >= 0.3 is 0 Å². The number of aromatic nitrogens is 2. The lowest BCUT2D eigenvalue weighted by Gasteiger charge is -2.28. The van der Waals surface area contributed by atoms with E-state index in [0.29, 0.717) is 0 Å². The highest BCUT2D eigenvalue weighted by Gasteiger charge is 2.20. The maximum Gasteiger partial charge on any atom is 0.237 e. The van der Waals surface area contributed by atoms with Gasteiger partial charge in [0.05, 0.1) is 29.5 Å². The van der Waals surface area contributed by atoms with Crippen molar-refractivity contribution in [2.45, 2.75) is 30.3 Å². The van der Waals surface area contributed by atoms with Crippen LogP contribution in [-0.4, -0.2) is 47.0 Å². The van der Waals surface area contributed by atoms with Gasteiger partial charge < -0.3 is 19.5 Å². The minimum atomic E-state index is -0.291. The van der Waals surface area contributed by atoms with Crippen molar-refractivity contribution >= 4 is 40.1 Å². The fraction of sp³-hybridized carbons (Fsp3) is 0.286. The van der Waals surface area contributed by atoms with E-state index in [1.54, 1.807) is 0 Å². The van der Waals surface area contributed by atoms with E-state index in [0.717, 1.165) is 66.8 Å². The molecule has 1 aliphatic rings. The monoisotopic (exact) mass is 486 g/mol. The number of hydrogen-bond donors (Lipinski definition) is 1. The average molecular weight is 487 g/mol. The second kappa shape index (κ2) is 11.0. The summed E-state index contributed by atoms with van der Waals surface area (Å²) in [6.45, 7) is 6.04. The Kier molecular flexibility index (Phi) is 7.35. The van der Waals surface area contributed by atoms with E-state index in [9.17, 15) is 4.79 Å². The number of ether oxygens (including phenoxy) is 1. The first-order chi connectivity index (χ1) is 17.2. The molecule has 5 rings (SSSR count). The topological polar surface area (TPSA) is 59.4 Å². The summed E-state index contributed by atoms with van der Waals surface area (Å²) in [6.07, 6.45) is 0.908. The molecular formula is C28H30N4O2S. The van der Waals surface area contributed by atoms with E-state index in [1.807, 2.05) is 43.3 Å². The van der Waals surface area contributed by atoms with Crippen LogP contribution in [0.2, 0.25) is 0 Å². The van der Waals surface area contributed by atoms with E-state index in [2.05, 4.69) is 57.2 Å². The van der Waals surface area contributed by atoms with Gasteiger partial charge in [0.1, 0.15) is 0 Å². The number of hydrogen-bond acceptors (Lipinski definition) is 5. The molecule has 1 fully saturated rings. The number of carbonyl (C=O) groups excluding carboxylic acids is 1. The first kappa shape index (κ1) is 23.5. The van der Waals surface area contributed by atoms with Crippen LogP contribution < -0.4 is 10.2 Å². The smallest absolute Gasteiger partial charge is 0.237 e. The predicted molar refractivity (Wildman–Crippen MR) is 143 cm³/mol. The number of amides is 1. The number of nitrogens with zero attached hydrogens (tertiary/aromatic N) is 3. The molecule has 1 N–H and O–H groups in total. The molecule has 2 heterocycles. The standard InChI is InChI=1S/C28H30N4O2S/c1-21(27(33)29-23-11-13-24(14-12-23)31-17-19-34-20-18-31)35-28-30-25-9-5-6-10-26(25)32(28)16-15-22-7-3-2-4-8-22/h2-14,21H,15-20H2,1H3,(H,29,33)/t21-/m1/s1. The van der Waals surface area contributed by atoms with E-state index in [4.69, 9.17) is 9.72 Å². The van der Waals surface area contributed by atoms with Gasteiger partial charge in [-0.05, 0) is 55.3 Å². The van der Waals surface area contributed by atoms with Crippen molar-refractivity contribution in [3.63, 3.8) is 0 Å². The van der Waals surface area contributed by atoms with Crippen LogP contribution in [0.5, 0.6) is 0 Å².